The van der Waals surface area contributed by atoms with Crippen LogP contribution in [0.2, 0.25) is 0 Å². The predicted molar refractivity (Wildman–Crippen MR) is 59.0 cm³/mol. The van der Waals surface area contributed by atoms with Crippen LogP contribution in [0.4, 0.5) is 0 Å². The van der Waals surface area contributed by atoms with E-state index in [4.69, 9.17) is 0 Å². The zero-order chi connectivity index (χ0) is 11.4. The third-order valence-electron chi connectivity index (χ3n) is 2.02. The summed E-state index contributed by atoms with van der Waals surface area (Å²) in [5, 5.41) is 2.74. The summed E-state index contributed by atoms with van der Waals surface area (Å²) in [5.41, 5.74) is 0.271. The van der Waals surface area contributed by atoms with E-state index in [0.29, 0.717) is 12.1 Å². The molecule has 0 aliphatic carbocycles. The van der Waals surface area contributed by atoms with E-state index < -0.39 is 0 Å². The standard InChI is InChI=1S/C11H16N2O2/c1-4-13-6-5-9(7-10(13)14)11(15)12-8(2)3/h5-8H,4H2,1-3H3,(H,12,15). The Morgan fingerprint density at radius 2 is 2.20 bits per heavy atom. The van der Waals surface area contributed by atoms with Crippen LogP contribution in [-0.4, -0.2) is 16.5 Å². The Bertz CT molecular complexity index is 407. The number of aryl methyl sites for hydroxylation is 1. The average Bonchev–Trinajstić information content (AvgIpc) is 2.16. The maximum Gasteiger partial charge on any atom is 0.251 e. The Morgan fingerprint density at radius 3 is 2.67 bits per heavy atom. The Labute approximate surface area is 88.9 Å². The molecule has 4 heteroatoms. The number of carbonyl (C=O) groups is 1. The topological polar surface area (TPSA) is 51.1 Å². The fraction of sp³-hybridized carbons (Fsp3) is 0.455. The molecule has 82 valence electrons. The molecule has 0 unspecified atom stereocenters. The Kier molecular flexibility index (Phi) is 3.66. The van der Waals surface area contributed by atoms with Crippen molar-refractivity contribution in [3.05, 3.63) is 34.2 Å². The third kappa shape index (κ3) is 2.94. The molecule has 1 aromatic rings. The van der Waals surface area contributed by atoms with E-state index in [0.717, 1.165) is 0 Å². The fourth-order valence-corrected chi connectivity index (χ4v) is 1.26. The van der Waals surface area contributed by atoms with Crippen LogP contribution in [0.25, 0.3) is 0 Å². The van der Waals surface area contributed by atoms with Crippen LogP contribution in [0.3, 0.4) is 0 Å². The van der Waals surface area contributed by atoms with Crippen molar-refractivity contribution < 1.29 is 4.79 Å². The molecule has 1 aromatic heterocycles. The van der Waals surface area contributed by atoms with Crippen LogP contribution in [0.5, 0.6) is 0 Å². The summed E-state index contributed by atoms with van der Waals surface area (Å²) in [6, 6.07) is 3.09. The lowest BCUT2D eigenvalue weighted by Gasteiger charge is -2.08. The molecule has 1 heterocycles. The molecule has 0 aromatic carbocycles. The van der Waals surface area contributed by atoms with E-state index in [2.05, 4.69) is 5.32 Å². The molecular formula is C11H16N2O2. The van der Waals surface area contributed by atoms with Crippen LogP contribution < -0.4 is 10.9 Å². The first-order chi connectivity index (χ1) is 7.04. The summed E-state index contributed by atoms with van der Waals surface area (Å²) in [6.07, 6.45) is 1.64. The summed E-state index contributed by atoms with van der Waals surface area (Å²) >= 11 is 0. The number of aromatic nitrogens is 1. The van der Waals surface area contributed by atoms with Crippen molar-refractivity contribution >= 4 is 5.91 Å². The van der Waals surface area contributed by atoms with Crippen LogP contribution in [0.1, 0.15) is 31.1 Å². The highest BCUT2D eigenvalue weighted by atomic mass is 16.2. The molecule has 0 aliphatic rings. The van der Waals surface area contributed by atoms with Crippen LogP contribution in [0, 0.1) is 0 Å². The summed E-state index contributed by atoms with van der Waals surface area (Å²) in [4.78, 5) is 23.0. The second-order valence-electron chi connectivity index (χ2n) is 3.67. The van der Waals surface area contributed by atoms with E-state index in [-0.39, 0.29) is 17.5 Å². The second-order valence-corrected chi connectivity index (χ2v) is 3.67. The van der Waals surface area contributed by atoms with Gasteiger partial charge in [0.05, 0.1) is 0 Å². The van der Waals surface area contributed by atoms with Gasteiger partial charge in [0.25, 0.3) is 11.5 Å². The van der Waals surface area contributed by atoms with Gasteiger partial charge in [0, 0.05) is 30.4 Å². The van der Waals surface area contributed by atoms with Gasteiger partial charge < -0.3 is 9.88 Å². The monoisotopic (exact) mass is 208 g/mol. The minimum Gasteiger partial charge on any atom is -0.350 e. The highest BCUT2D eigenvalue weighted by molar-refractivity contribution is 5.94. The lowest BCUT2D eigenvalue weighted by atomic mass is 10.2. The molecule has 4 nitrogen and oxygen atoms in total. The van der Waals surface area contributed by atoms with E-state index in [1.54, 1.807) is 16.8 Å². The molecule has 15 heavy (non-hydrogen) atoms. The average molecular weight is 208 g/mol. The molecule has 1 rings (SSSR count). The second kappa shape index (κ2) is 4.77. The van der Waals surface area contributed by atoms with Gasteiger partial charge in [0.1, 0.15) is 0 Å². The van der Waals surface area contributed by atoms with Gasteiger partial charge in [-0.1, -0.05) is 0 Å². The van der Waals surface area contributed by atoms with Crippen molar-refractivity contribution in [3.8, 4) is 0 Å². The van der Waals surface area contributed by atoms with Crippen molar-refractivity contribution in [1.29, 1.82) is 0 Å². The SMILES string of the molecule is CCn1ccc(C(=O)NC(C)C)cc1=O. The van der Waals surface area contributed by atoms with E-state index >= 15 is 0 Å². The predicted octanol–water partition coefficient (Wildman–Crippen LogP) is 1.01. The molecule has 1 N–H and O–H groups in total. The van der Waals surface area contributed by atoms with Gasteiger partial charge >= 0.3 is 0 Å². The van der Waals surface area contributed by atoms with Crippen LogP contribution in [0.15, 0.2) is 23.1 Å². The summed E-state index contributed by atoms with van der Waals surface area (Å²) in [5.74, 6) is -0.203. The Morgan fingerprint density at radius 1 is 1.53 bits per heavy atom. The van der Waals surface area contributed by atoms with Crippen LogP contribution >= 0.6 is 0 Å². The number of amides is 1. The molecule has 0 atom stereocenters. The number of hydrogen-bond acceptors (Lipinski definition) is 2. The minimum absolute atomic E-state index is 0.0751. The van der Waals surface area contributed by atoms with Crippen molar-refractivity contribution in [1.82, 2.24) is 9.88 Å². The van der Waals surface area contributed by atoms with Crippen LogP contribution in [-0.2, 0) is 6.54 Å². The maximum atomic E-state index is 11.5. The summed E-state index contributed by atoms with van der Waals surface area (Å²) in [6.45, 7) is 6.26. The zero-order valence-corrected chi connectivity index (χ0v) is 9.28. The summed E-state index contributed by atoms with van der Waals surface area (Å²) < 4.78 is 1.55. The number of carbonyl (C=O) groups excluding carboxylic acids is 1. The van der Waals surface area contributed by atoms with Crippen molar-refractivity contribution in [2.24, 2.45) is 0 Å². The molecule has 0 radical (unpaired) electrons. The Hall–Kier alpha value is -1.58. The van der Waals surface area contributed by atoms with Gasteiger partial charge in [-0.2, -0.15) is 0 Å². The number of hydrogen-bond donors (Lipinski definition) is 1. The highest BCUT2D eigenvalue weighted by Gasteiger charge is 2.07. The quantitative estimate of drug-likeness (QED) is 0.805. The third-order valence-corrected chi connectivity index (χ3v) is 2.02. The first-order valence-corrected chi connectivity index (χ1v) is 5.06. The molecular weight excluding hydrogens is 192 g/mol. The minimum atomic E-state index is -0.203. The van der Waals surface area contributed by atoms with E-state index in [1.165, 1.54) is 6.07 Å². The molecule has 0 aliphatic heterocycles. The van der Waals surface area contributed by atoms with Gasteiger partial charge in [-0.05, 0) is 26.8 Å². The van der Waals surface area contributed by atoms with Gasteiger partial charge in [0.2, 0.25) is 0 Å². The molecule has 0 saturated heterocycles. The van der Waals surface area contributed by atoms with Gasteiger partial charge in [-0.25, -0.2) is 0 Å². The van der Waals surface area contributed by atoms with Gasteiger partial charge in [-0.15, -0.1) is 0 Å². The van der Waals surface area contributed by atoms with E-state index in [1.807, 2.05) is 20.8 Å². The molecule has 1 amide bonds. The first-order valence-electron chi connectivity index (χ1n) is 5.06. The smallest absolute Gasteiger partial charge is 0.251 e. The van der Waals surface area contributed by atoms with E-state index in [9.17, 15) is 9.59 Å². The molecule has 0 saturated carbocycles. The van der Waals surface area contributed by atoms with Gasteiger partial charge in [-0.3, -0.25) is 9.59 Å². The number of rotatable bonds is 3. The van der Waals surface area contributed by atoms with Gasteiger partial charge in [0.15, 0.2) is 0 Å². The fourth-order valence-electron chi connectivity index (χ4n) is 1.26. The lowest BCUT2D eigenvalue weighted by molar-refractivity contribution is 0.0943. The number of nitrogens with one attached hydrogen (secondary N) is 1. The number of nitrogens with zero attached hydrogens (tertiary/aromatic N) is 1. The largest absolute Gasteiger partial charge is 0.350 e. The molecule has 0 bridgehead atoms. The molecule has 0 spiro atoms. The normalized spacial score (nSPS) is 10.4. The van der Waals surface area contributed by atoms with Crippen molar-refractivity contribution in [2.75, 3.05) is 0 Å². The maximum absolute atomic E-state index is 11.5. The number of pyridine rings is 1. The summed E-state index contributed by atoms with van der Waals surface area (Å²) in [7, 11) is 0. The van der Waals surface area contributed by atoms with Crippen molar-refractivity contribution in [3.63, 3.8) is 0 Å². The lowest BCUT2D eigenvalue weighted by Crippen LogP contribution is -2.31. The van der Waals surface area contributed by atoms with Crippen molar-refractivity contribution in [2.45, 2.75) is 33.4 Å². The first kappa shape index (κ1) is 11.5. The highest BCUT2D eigenvalue weighted by Crippen LogP contribution is 1.95. The molecule has 0 fully saturated rings. The Balaban J connectivity index is 2.93. The zero-order valence-electron chi connectivity index (χ0n) is 9.28.